The maximum Gasteiger partial charge on any atom is 0.335 e. The fourth-order valence-electron chi connectivity index (χ4n) is 2.93. The van der Waals surface area contributed by atoms with Crippen molar-refractivity contribution in [1.82, 2.24) is 14.6 Å². The van der Waals surface area contributed by atoms with E-state index in [1.165, 1.54) is 11.1 Å². The lowest BCUT2D eigenvalue weighted by atomic mass is 10.2. The first kappa shape index (κ1) is 18.7. The van der Waals surface area contributed by atoms with Crippen molar-refractivity contribution < 1.29 is 14.7 Å². The third kappa shape index (κ3) is 4.03. The Labute approximate surface area is 156 Å². The third-order valence-corrected chi connectivity index (χ3v) is 4.47. The molecule has 0 saturated carbocycles. The summed E-state index contributed by atoms with van der Waals surface area (Å²) in [5, 5.41) is 16.8. The summed E-state index contributed by atoms with van der Waals surface area (Å²) in [5.74, 6) is -0.0474. The minimum Gasteiger partial charge on any atom is -0.493 e. The summed E-state index contributed by atoms with van der Waals surface area (Å²) in [6, 6.07) is 6.81. The van der Waals surface area contributed by atoms with E-state index in [0.717, 1.165) is 30.7 Å². The summed E-state index contributed by atoms with van der Waals surface area (Å²) >= 11 is 0. The zero-order chi connectivity index (χ0) is 19.4. The minimum atomic E-state index is -0.745. The van der Waals surface area contributed by atoms with Crippen molar-refractivity contribution in [3.63, 3.8) is 0 Å². The Kier molecular flexibility index (Phi) is 5.60. The second-order valence-corrected chi connectivity index (χ2v) is 6.39. The highest BCUT2D eigenvalue weighted by molar-refractivity contribution is 5.82. The van der Waals surface area contributed by atoms with Crippen LogP contribution in [0.25, 0.3) is 5.69 Å². The SMILES string of the molecule is CCOc1ccccc1-n1c(O)c(/C=N/N2CC[NH+](C)CC2)c(=O)[nH]c1=O. The van der Waals surface area contributed by atoms with E-state index in [1.54, 1.807) is 24.3 Å². The molecule has 9 heteroatoms. The van der Waals surface area contributed by atoms with Crippen molar-refractivity contribution in [3.8, 4) is 17.3 Å². The highest BCUT2D eigenvalue weighted by Crippen LogP contribution is 2.25. The highest BCUT2D eigenvalue weighted by Gasteiger charge is 2.18. The number of rotatable bonds is 5. The Morgan fingerprint density at radius 3 is 2.70 bits per heavy atom. The molecule has 0 radical (unpaired) electrons. The summed E-state index contributed by atoms with van der Waals surface area (Å²) in [4.78, 5) is 28.2. The molecule has 1 aromatic carbocycles. The number of aromatic amines is 1. The van der Waals surface area contributed by atoms with Crippen LogP contribution in [0.4, 0.5) is 0 Å². The molecule has 1 fully saturated rings. The van der Waals surface area contributed by atoms with Gasteiger partial charge in [-0.2, -0.15) is 5.10 Å². The lowest BCUT2D eigenvalue weighted by molar-refractivity contribution is -0.884. The molecule has 1 aliphatic heterocycles. The normalized spacial score (nSPS) is 15.4. The lowest BCUT2D eigenvalue weighted by Gasteiger charge is -2.27. The summed E-state index contributed by atoms with van der Waals surface area (Å²) in [5.41, 5.74) is -1.17. The molecule has 3 N–H and O–H groups in total. The zero-order valence-corrected chi connectivity index (χ0v) is 15.4. The molecule has 9 nitrogen and oxygen atoms in total. The second kappa shape index (κ2) is 8.09. The monoisotopic (exact) mass is 374 g/mol. The molecule has 0 aliphatic carbocycles. The number of aromatic hydroxyl groups is 1. The number of piperazine rings is 1. The number of H-pyrrole nitrogens is 1. The third-order valence-electron chi connectivity index (χ3n) is 4.47. The Hall–Kier alpha value is -3.07. The van der Waals surface area contributed by atoms with Gasteiger partial charge in [0.05, 0.1) is 51.7 Å². The zero-order valence-electron chi connectivity index (χ0n) is 15.4. The molecular formula is C18H24N5O4+. The largest absolute Gasteiger partial charge is 0.493 e. The van der Waals surface area contributed by atoms with E-state index < -0.39 is 17.1 Å². The van der Waals surface area contributed by atoms with E-state index in [2.05, 4.69) is 17.1 Å². The molecule has 0 atom stereocenters. The number of nitrogens with one attached hydrogen (secondary N) is 2. The van der Waals surface area contributed by atoms with Gasteiger partial charge in [-0.25, -0.2) is 9.36 Å². The van der Waals surface area contributed by atoms with Crippen LogP contribution in [0.2, 0.25) is 0 Å². The van der Waals surface area contributed by atoms with Gasteiger partial charge in [-0.1, -0.05) is 12.1 Å². The quantitative estimate of drug-likeness (QED) is 0.570. The topological polar surface area (TPSA) is 104 Å². The van der Waals surface area contributed by atoms with Crippen molar-refractivity contribution >= 4 is 6.21 Å². The number of nitrogens with zero attached hydrogens (tertiary/aromatic N) is 3. The lowest BCUT2D eigenvalue weighted by Crippen LogP contribution is -3.11. The van der Waals surface area contributed by atoms with Crippen LogP contribution in [0.3, 0.4) is 0 Å². The molecular weight excluding hydrogens is 350 g/mol. The molecule has 2 heterocycles. The maximum atomic E-state index is 12.3. The molecule has 0 unspecified atom stereocenters. The average molecular weight is 374 g/mol. The van der Waals surface area contributed by atoms with Gasteiger partial charge in [0, 0.05) is 0 Å². The Bertz CT molecular complexity index is 941. The van der Waals surface area contributed by atoms with E-state index in [-0.39, 0.29) is 5.56 Å². The number of aromatic nitrogens is 2. The number of para-hydroxylation sites is 2. The van der Waals surface area contributed by atoms with Gasteiger partial charge in [0.15, 0.2) is 0 Å². The Morgan fingerprint density at radius 1 is 1.30 bits per heavy atom. The van der Waals surface area contributed by atoms with Crippen molar-refractivity contribution in [1.29, 1.82) is 0 Å². The van der Waals surface area contributed by atoms with Crippen molar-refractivity contribution in [2.45, 2.75) is 6.92 Å². The van der Waals surface area contributed by atoms with Crippen molar-refractivity contribution in [3.05, 3.63) is 50.7 Å². The molecule has 1 aromatic heterocycles. The van der Waals surface area contributed by atoms with E-state index in [9.17, 15) is 14.7 Å². The van der Waals surface area contributed by atoms with E-state index in [0.29, 0.717) is 18.0 Å². The average Bonchev–Trinajstić information content (AvgIpc) is 2.64. The summed E-state index contributed by atoms with van der Waals surface area (Å²) in [6.07, 6.45) is 1.30. The Balaban J connectivity index is 2.02. The van der Waals surface area contributed by atoms with Gasteiger partial charge in [0.2, 0.25) is 5.88 Å². The molecule has 27 heavy (non-hydrogen) atoms. The molecule has 0 spiro atoms. The van der Waals surface area contributed by atoms with Crippen LogP contribution >= 0.6 is 0 Å². The van der Waals surface area contributed by atoms with Crippen LogP contribution in [0.5, 0.6) is 11.6 Å². The number of likely N-dealkylation sites (N-methyl/N-ethyl adjacent to an activating group) is 1. The van der Waals surface area contributed by atoms with Crippen LogP contribution in [-0.2, 0) is 0 Å². The number of quaternary nitrogens is 1. The van der Waals surface area contributed by atoms with Crippen molar-refractivity contribution in [2.24, 2.45) is 5.10 Å². The van der Waals surface area contributed by atoms with Crippen LogP contribution in [0, 0.1) is 0 Å². The standard InChI is InChI=1S/C18H23N5O4/c1-3-27-15-7-5-4-6-14(15)23-17(25)13(16(24)20-18(23)26)12-19-22-10-8-21(2)9-11-22/h4-7,12,25H,3,8-11H2,1-2H3,(H,20,24,26)/p+1/b19-12+. The molecule has 2 aromatic rings. The highest BCUT2D eigenvalue weighted by atomic mass is 16.5. The van der Waals surface area contributed by atoms with Crippen LogP contribution in [-0.4, -0.2) is 65.7 Å². The van der Waals surface area contributed by atoms with Crippen LogP contribution in [0.15, 0.2) is 39.0 Å². The molecule has 1 aliphatic rings. The van der Waals surface area contributed by atoms with E-state index >= 15 is 0 Å². The van der Waals surface area contributed by atoms with E-state index in [4.69, 9.17) is 4.74 Å². The van der Waals surface area contributed by atoms with Gasteiger partial charge in [-0.3, -0.25) is 14.8 Å². The molecule has 3 rings (SSSR count). The molecule has 0 bridgehead atoms. The van der Waals surface area contributed by atoms with Crippen LogP contribution in [0.1, 0.15) is 12.5 Å². The van der Waals surface area contributed by atoms with Gasteiger partial charge in [0.25, 0.3) is 5.56 Å². The fraction of sp³-hybridized carbons (Fsp3) is 0.389. The summed E-state index contributed by atoms with van der Waals surface area (Å²) < 4.78 is 6.55. The number of hydrogen-bond acceptors (Lipinski definition) is 6. The van der Waals surface area contributed by atoms with Gasteiger partial charge in [-0.15, -0.1) is 0 Å². The van der Waals surface area contributed by atoms with Crippen LogP contribution < -0.4 is 20.9 Å². The predicted molar refractivity (Wildman–Crippen MR) is 101 cm³/mol. The fourth-order valence-corrected chi connectivity index (χ4v) is 2.93. The first-order valence-corrected chi connectivity index (χ1v) is 8.92. The molecule has 144 valence electrons. The number of benzene rings is 1. The Morgan fingerprint density at radius 2 is 2.00 bits per heavy atom. The van der Waals surface area contributed by atoms with Crippen molar-refractivity contribution in [2.75, 3.05) is 39.8 Å². The first-order chi connectivity index (χ1) is 13.0. The summed E-state index contributed by atoms with van der Waals surface area (Å²) in [6.45, 7) is 5.63. The molecule has 1 saturated heterocycles. The van der Waals surface area contributed by atoms with Gasteiger partial charge >= 0.3 is 5.69 Å². The number of hydrazone groups is 1. The number of ether oxygens (including phenoxy) is 1. The number of hydrogen-bond donors (Lipinski definition) is 3. The predicted octanol–water partition coefficient (Wildman–Crippen LogP) is -1.21. The second-order valence-electron chi connectivity index (χ2n) is 6.39. The molecule has 0 amide bonds. The minimum absolute atomic E-state index is 0.0767. The van der Waals surface area contributed by atoms with Gasteiger partial charge < -0.3 is 14.7 Å². The van der Waals surface area contributed by atoms with Gasteiger partial charge in [0.1, 0.15) is 11.3 Å². The van der Waals surface area contributed by atoms with Gasteiger partial charge in [-0.05, 0) is 19.1 Å². The summed E-state index contributed by atoms with van der Waals surface area (Å²) in [7, 11) is 2.11. The first-order valence-electron chi connectivity index (χ1n) is 8.92. The smallest absolute Gasteiger partial charge is 0.335 e. The maximum absolute atomic E-state index is 12.3. The van der Waals surface area contributed by atoms with E-state index in [1.807, 2.05) is 11.9 Å².